The van der Waals surface area contributed by atoms with Crippen molar-refractivity contribution in [2.75, 3.05) is 13.2 Å². The number of aliphatic hydroxyl groups is 1. The van der Waals surface area contributed by atoms with Crippen LogP contribution < -0.4 is 0 Å². The van der Waals surface area contributed by atoms with E-state index in [4.69, 9.17) is 9.94 Å². The molecule has 0 bridgehead atoms. The van der Waals surface area contributed by atoms with Gasteiger partial charge in [-0.05, 0) is 19.3 Å². The zero-order valence-electron chi connectivity index (χ0n) is 9.45. The number of hydrogen-bond acceptors (Lipinski definition) is 3. The first-order valence-electron chi connectivity index (χ1n) is 5.57. The summed E-state index contributed by atoms with van der Waals surface area (Å²) in [6.45, 7) is 4.39. The Morgan fingerprint density at radius 2 is 2.20 bits per heavy atom. The molecule has 0 atom stereocenters. The van der Waals surface area contributed by atoms with Crippen molar-refractivity contribution in [3.8, 4) is 0 Å². The summed E-state index contributed by atoms with van der Waals surface area (Å²) in [7, 11) is 0. The van der Waals surface area contributed by atoms with Crippen LogP contribution in [0.15, 0.2) is 0 Å². The molecule has 1 heterocycles. The molecule has 2 rings (SSSR count). The predicted octanol–water partition coefficient (Wildman–Crippen LogP) is 1.09. The third kappa shape index (κ3) is 2.01. The normalized spacial score (nSPS) is 24.7. The van der Waals surface area contributed by atoms with Gasteiger partial charge in [0.1, 0.15) is 5.60 Å². The van der Waals surface area contributed by atoms with Gasteiger partial charge in [0.15, 0.2) is 0 Å². The molecule has 0 radical (unpaired) electrons. The maximum Gasteiger partial charge on any atom is 0.249 e. The number of nitrogens with zero attached hydrogens (tertiary/aromatic N) is 1. The van der Waals surface area contributed by atoms with E-state index in [0.29, 0.717) is 13.0 Å². The Hall–Kier alpha value is -0.610. The molecule has 1 N–H and O–H groups in total. The van der Waals surface area contributed by atoms with Crippen LogP contribution in [-0.4, -0.2) is 34.8 Å². The Kier molecular flexibility index (Phi) is 2.51. The number of amides is 1. The van der Waals surface area contributed by atoms with Crippen LogP contribution in [0.1, 0.15) is 39.5 Å². The highest BCUT2D eigenvalue weighted by Crippen LogP contribution is 2.44. The number of rotatable bonds is 3. The van der Waals surface area contributed by atoms with E-state index in [1.807, 2.05) is 13.8 Å². The fraction of sp³-hybridized carbons (Fsp3) is 0.909. The van der Waals surface area contributed by atoms with Gasteiger partial charge >= 0.3 is 0 Å². The summed E-state index contributed by atoms with van der Waals surface area (Å²) >= 11 is 0. The van der Waals surface area contributed by atoms with Gasteiger partial charge < -0.3 is 5.11 Å². The zero-order chi connectivity index (χ0) is 11.1. The van der Waals surface area contributed by atoms with E-state index in [-0.39, 0.29) is 23.5 Å². The molecule has 1 spiro atoms. The van der Waals surface area contributed by atoms with Gasteiger partial charge in [-0.1, -0.05) is 13.8 Å². The lowest BCUT2D eigenvalue weighted by Gasteiger charge is -2.37. The molecule has 0 unspecified atom stereocenters. The lowest BCUT2D eigenvalue weighted by molar-refractivity contribution is -0.228. The largest absolute Gasteiger partial charge is 0.396 e. The Morgan fingerprint density at radius 3 is 2.60 bits per heavy atom. The van der Waals surface area contributed by atoms with Crippen molar-refractivity contribution < 1.29 is 14.7 Å². The molecule has 4 nitrogen and oxygen atoms in total. The van der Waals surface area contributed by atoms with Gasteiger partial charge in [-0.3, -0.25) is 9.63 Å². The summed E-state index contributed by atoms with van der Waals surface area (Å²) in [6.07, 6.45) is 3.67. The van der Waals surface area contributed by atoms with Gasteiger partial charge in [0, 0.05) is 12.0 Å². The van der Waals surface area contributed by atoms with Crippen molar-refractivity contribution in [3.63, 3.8) is 0 Å². The molecule has 1 saturated carbocycles. The molecule has 1 aliphatic carbocycles. The quantitative estimate of drug-likeness (QED) is 0.763. The highest BCUT2D eigenvalue weighted by atomic mass is 16.7. The predicted molar refractivity (Wildman–Crippen MR) is 54.9 cm³/mol. The van der Waals surface area contributed by atoms with Gasteiger partial charge in [-0.2, -0.15) is 0 Å². The molecule has 0 aromatic rings. The maximum absolute atomic E-state index is 11.7. The summed E-state index contributed by atoms with van der Waals surface area (Å²) in [6, 6.07) is 0. The minimum Gasteiger partial charge on any atom is -0.396 e. The molecule has 15 heavy (non-hydrogen) atoms. The van der Waals surface area contributed by atoms with Crippen molar-refractivity contribution in [2.24, 2.45) is 5.41 Å². The summed E-state index contributed by atoms with van der Waals surface area (Å²) in [4.78, 5) is 17.4. The Bertz CT molecular complexity index is 271. The Balaban J connectivity index is 1.96. The summed E-state index contributed by atoms with van der Waals surface area (Å²) in [5.74, 6) is 0.0659. The van der Waals surface area contributed by atoms with Crippen LogP contribution in [0.5, 0.6) is 0 Å². The van der Waals surface area contributed by atoms with Gasteiger partial charge in [0.25, 0.3) is 0 Å². The number of hydrogen-bond donors (Lipinski definition) is 1. The lowest BCUT2D eigenvalue weighted by Crippen LogP contribution is -2.40. The molecule has 0 aromatic carbocycles. The number of carbonyl (C=O) groups excluding carboxylic acids is 1. The fourth-order valence-corrected chi connectivity index (χ4v) is 2.08. The maximum atomic E-state index is 11.7. The average Bonchev–Trinajstić information content (AvgIpc) is 2.43. The smallest absolute Gasteiger partial charge is 0.249 e. The molecule has 1 saturated heterocycles. The van der Waals surface area contributed by atoms with Gasteiger partial charge in [-0.25, -0.2) is 5.06 Å². The topological polar surface area (TPSA) is 49.8 Å². The molecule has 4 heteroatoms. The second-order valence-corrected chi connectivity index (χ2v) is 5.56. The van der Waals surface area contributed by atoms with Gasteiger partial charge in [0.05, 0.1) is 13.0 Å². The first kappa shape index (κ1) is 10.9. The lowest BCUT2D eigenvalue weighted by atomic mass is 9.78. The Morgan fingerprint density at radius 1 is 1.53 bits per heavy atom. The van der Waals surface area contributed by atoms with Crippen LogP contribution in [0.3, 0.4) is 0 Å². The molecule has 1 aliphatic heterocycles. The fourth-order valence-electron chi connectivity index (χ4n) is 2.08. The third-order valence-electron chi connectivity index (χ3n) is 3.32. The second-order valence-electron chi connectivity index (χ2n) is 5.56. The first-order valence-corrected chi connectivity index (χ1v) is 5.57. The highest BCUT2D eigenvalue weighted by Gasteiger charge is 2.49. The minimum atomic E-state index is -0.287. The van der Waals surface area contributed by atoms with Crippen LogP contribution >= 0.6 is 0 Å². The van der Waals surface area contributed by atoms with Crippen LogP contribution in [0, 0.1) is 5.41 Å². The van der Waals surface area contributed by atoms with E-state index in [0.717, 1.165) is 19.3 Å². The molecule has 86 valence electrons. The van der Waals surface area contributed by atoms with E-state index in [2.05, 4.69) is 0 Å². The molecule has 2 fully saturated rings. The third-order valence-corrected chi connectivity index (χ3v) is 3.32. The van der Waals surface area contributed by atoms with Crippen molar-refractivity contribution in [2.45, 2.75) is 45.1 Å². The van der Waals surface area contributed by atoms with Crippen molar-refractivity contribution in [1.29, 1.82) is 0 Å². The van der Waals surface area contributed by atoms with Crippen molar-refractivity contribution >= 4 is 5.91 Å². The van der Waals surface area contributed by atoms with Gasteiger partial charge in [-0.15, -0.1) is 0 Å². The zero-order valence-corrected chi connectivity index (χ0v) is 9.45. The Labute approximate surface area is 90.2 Å². The summed E-state index contributed by atoms with van der Waals surface area (Å²) in [5.41, 5.74) is -0.465. The highest BCUT2D eigenvalue weighted by molar-refractivity contribution is 5.78. The van der Waals surface area contributed by atoms with E-state index in [1.165, 1.54) is 5.06 Å². The van der Waals surface area contributed by atoms with E-state index in [9.17, 15) is 4.79 Å². The van der Waals surface area contributed by atoms with E-state index < -0.39 is 0 Å². The number of hydroxylamine groups is 2. The SMILES string of the molecule is CC(C)(CO)CN1OC2(CCC2)CC1=O. The number of aliphatic hydroxyl groups excluding tert-OH is 1. The molecule has 2 aliphatic rings. The van der Waals surface area contributed by atoms with Crippen LogP contribution in [0.2, 0.25) is 0 Å². The first-order chi connectivity index (χ1) is 6.96. The van der Waals surface area contributed by atoms with Crippen LogP contribution in [0.25, 0.3) is 0 Å². The standard InChI is InChI=1S/C11H19NO3/c1-10(2,8-13)7-12-9(14)6-11(15-12)4-3-5-11/h13H,3-8H2,1-2H3. The molecular weight excluding hydrogens is 194 g/mol. The van der Waals surface area contributed by atoms with Crippen LogP contribution in [-0.2, 0) is 9.63 Å². The summed E-state index contributed by atoms with van der Waals surface area (Å²) in [5, 5.41) is 10.6. The van der Waals surface area contributed by atoms with Crippen LogP contribution in [0.4, 0.5) is 0 Å². The molecular formula is C11H19NO3. The average molecular weight is 213 g/mol. The van der Waals surface area contributed by atoms with E-state index >= 15 is 0 Å². The van der Waals surface area contributed by atoms with Crippen molar-refractivity contribution in [3.05, 3.63) is 0 Å². The minimum absolute atomic E-state index is 0.0626. The molecule has 0 aromatic heterocycles. The number of carbonyl (C=O) groups is 1. The van der Waals surface area contributed by atoms with E-state index in [1.54, 1.807) is 0 Å². The monoisotopic (exact) mass is 213 g/mol. The van der Waals surface area contributed by atoms with Crippen molar-refractivity contribution in [1.82, 2.24) is 5.06 Å². The summed E-state index contributed by atoms with van der Waals surface area (Å²) < 4.78 is 0. The second kappa shape index (κ2) is 3.46. The van der Waals surface area contributed by atoms with Gasteiger partial charge in [0.2, 0.25) is 5.91 Å². The molecule has 1 amide bonds.